The van der Waals surface area contributed by atoms with Crippen molar-refractivity contribution >= 4 is 11.9 Å². The Labute approximate surface area is 119 Å². The van der Waals surface area contributed by atoms with Gasteiger partial charge in [-0.15, -0.1) is 0 Å². The number of rotatable bonds is 5. The Hall–Kier alpha value is -1.88. The molecule has 5 nitrogen and oxygen atoms in total. The first kappa shape index (κ1) is 16.2. The van der Waals surface area contributed by atoms with E-state index >= 15 is 0 Å². The normalized spacial score (nSPS) is 14.4. The summed E-state index contributed by atoms with van der Waals surface area (Å²) in [6, 6.07) is 7.73. The van der Waals surface area contributed by atoms with Crippen molar-refractivity contribution in [3.8, 4) is 0 Å². The van der Waals surface area contributed by atoms with E-state index in [-0.39, 0.29) is 17.7 Å². The maximum absolute atomic E-state index is 12.2. The number of carbonyl (C=O) groups is 2. The summed E-state index contributed by atoms with van der Waals surface area (Å²) in [5, 5.41) is 11.7. The molecule has 1 aromatic rings. The summed E-state index contributed by atoms with van der Waals surface area (Å²) in [6.45, 7) is 5.65. The number of carboxylic acids is 1. The molecule has 0 aliphatic heterocycles. The van der Waals surface area contributed by atoms with Gasteiger partial charge in [0.15, 0.2) is 0 Å². The highest BCUT2D eigenvalue weighted by Crippen LogP contribution is 2.22. The predicted octanol–water partition coefficient (Wildman–Crippen LogP) is 1.69. The molecular formula is C15H22N2O3. The number of amides is 1. The Balaban J connectivity index is 2.78. The van der Waals surface area contributed by atoms with Crippen LogP contribution in [0.4, 0.5) is 0 Å². The highest BCUT2D eigenvalue weighted by atomic mass is 16.4. The van der Waals surface area contributed by atoms with E-state index in [1.807, 2.05) is 26.8 Å². The van der Waals surface area contributed by atoms with Gasteiger partial charge in [-0.1, -0.05) is 51.1 Å². The molecule has 2 atom stereocenters. The fourth-order valence-electron chi connectivity index (χ4n) is 1.82. The second kappa shape index (κ2) is 6.52. The molecular weight excluding hydrogens is 256 g/mol. The van der Waals surface area contributed by atoms with Gasteiger partial charge in [0, 0.05) is 6.04 Å². The molecule has 20 heavy (non-hydrogen) atoms. The molecule has 4 N–H and O–H groups in total. The summed E-state index contributed by atoms with van der Waals surface area (Å²) in [7, 11) is 0. The number of hydrogen-bond acceptors (Lipinski definition) is 3. The van der Waals surface area contributed by atoms with Crippen LogP contribution < -0.4 is 11.1 Å². The zero-order chi connectivity index (χ0) is 15.3. The van der Waals surface area contributed by atoms with Gasteiger partial charge in [0.1, 0.15) is 6.04 Å². The van der Waals surface area contributed by atoms with Crippen molar-refractivity contribution in [2.45, 2.75) is 39.3 Å². The van der Waals surface area contributed by atoms with Gasteiger partial charge in [-0.2, -0.15) is 0 Å². The third-order valence-corrected chi connectivity index (χ3v) is 3.18. The van der Waals surface area contributed by atoms with Crippen LogP contribution in [0.2, 0.25) is 0 Å². The summed E-state index contributed by atoms with van der Waals surface area (Å²) in [5.74, 6) is -1.31. The topological polar surface area (TPSA) is 92.4 Å². The number of carbonyl (C=O) groups excluding carboxylic acids is 1. The predicted molar refractivity (Wildman–Crippen MR) is 77.0 cm³/mol. The van der Waals surface area contributed by atoms with Crippen molar-refractivity contribution in [3.63, 3.8) is 0 Å². The lowest BCUT2D eigenvalue weighted by atomic mass is 9.84. The van der Waals surface area contributed by atoms with Crippen LogP contribution in [0, 0.1) is 5.41 Å². The standard InChI is InChI=1S/C15H22N2O3/c1-15(2,3)11(9-12(18)19)17-14(20)13(16)10-7-5-4-6-8-10/h4-8,11,13H,9,16H2,1-3H3,(H,17,20)(H,18,19)/t11?,13-/m1/s1. The molecule has 1 unspecified atom stereocenters. The lowest BCUT2D eigenvalue weighted by Gasteiger charge is -2.31. The molecule has 0 bridgehead atoms. The number of nitrogens with two attached hydrogens (primary N) is 1. The maximum atomic E-state index is 12.2. The Morgan fingerprint density at radius 2 is 1.80 bits per heavy atom. The minimum Gasteiger partial charge on any atom is -0.481 e. The van der Waals surface area contributed by atoms with Crippen LogP contribution in [0.5, 0.6) is 0 Å². The third-order valence-electron chi connectivity index (χ3n) is 3.18. The van der Waals surface area contributed by atoms with Gasteiger partial charge >= 0.3 is 5.97 Å². The second-order valence-electron chi connectivity index (χ2n) is 5.91. The molecule has 0 radical (unpaired) electrons. The van der Waals surface area contributed by atoms with Crippen molar-refractivity contribution < 1.29 is 14.7 Å². The number of carboxylic acid groups (broad SMARTS) is 1. The third kappa shape index (κ3) is 4.66. The van der Waals surface area contributed by atoms with Gasteiger partial charge in [0.05, 0.1) is 6.42 Å². The quantitative estimate of drug-likeness (QED) is 0.764. The van der Waals surface area contributed by atoms with E-state index in [0.29, 0.717) is 5.56 Å². The van der Waals surface area contributed by atoms with E-state index in [9.17, 15) is 9.59 Å². The lowest BCUT2D eigenvalue weighted by Crippen LogP contribution is -2.48. The van der Waals surface area contributed by atoms with Crippen LogP contribution in [0.3, 0.4) is 0 Å². The lowest BCUT2D eigenvalue weighted by molar-refractivity contribution is -0.138. The van der Waals surface area contributed by atoms with Crippen LogP contribution >= 0.6 is 0 Å². The SMILES string of the molecule is CC(C)(C)C(CC(=O)O)NC(=O)[C@H](N)c1ccccc1. The van der Waals surface area contributed by atoms with Crippen molar-refractivity contribution in [1.82, 2.24) is 5.32 Å². The van der Waals surface area contributed by atoms with Gasteiger partial charge < -0.3 is 16.2 Å². The zero-order valence-electron chi connectivity index (χ0n) is 12.1. The van der Waals surface area contributed by atoms with Gasteiger partial charge in [0.25, 0.3) is 0 Å². The molecule has 0 aromatic heterocycles. The number of benzene rings is 1. The number of nitrogens with one attached hydrogen (secondary N) is 1. The van der Waals surface area contributed by atoms with E-state index in [1.165, 1.54) is 0 Å². The fraction of sp³-hybridized carbons (Fsp3) is 0.467. The van der Waals surface area contributed by atoms with E-state index in [4.69, 9.17) is 10.8 Å². The molecule has 0 saturated carbocycles. The smallest absolute Gasteiger partial charge is 0.305 e. The number of hydrogen-bond donors (Lipinski definition) is 3. The van der Waals surface area contributed by atoms with Crippen LogP contribution in [0.25, 0.3) is 0 Å². The molecule has 1 rings (SSSR count). The summed E-state index contributed by atoms with van der Waals surface area (Å²) in [6.07, 6.45) is -0.128. The van der Waals surface area contributed by atoms with Crippen LogP contribution in [0.15, 0.2) is 30.3 Å². The van der Waals surface area contributed by atoms with Gasteiger partial charge in [-0.05, 0) is 11.0 Å². The Bertz CT molecular complexity index is 466. The minimum atomic E-state index is -0.946. The Morgan fingerprint density at radius 3 is 2.25 bits per heavy atom. The highest BCUT2D eigenvalue weighted by molar-refractivity contribution is 5.83. The van der Waals surface area contributed by atoms with Crippen molar-refractivity contribution in [2.24, 2.45) is 11.1 Å². The zero-order valence-corrected chi connectivity index (χ0v) is 12.1. The summed E-state index contributed by atoms with van der Waals surface area (Å²) in [5.41, 5.74) is 6.25. The molecule has 0 saturated heterocycles. The van der Waals surface area contributed by atoms with E-state index in [1.54, 1.807) is 24.3 Å². The van der Waals surface area contributed by atoms with Crippen molar-refractivity contribution in [3.05, 3.63) is 35.9 Å². The molecule has 0 aliphatic carbocycles. The Morgan fingerprint density at radius 1 is 1.25 bits per heavy atom. The first-order valence-corrected chi connectivity index (χ1v) is 6.54. The van der Waals surface area contributed by atoms with E-state index < -0.39 is 18.1 Å². The molecule has 0 spiro atoms. The molecule has 110 valence electrons. The first-order chi connectivity index (χ1) is 9.21. The number of aliphatic carboxylic acids is 1. The van der Waals surface area contributed by atoms with Gasteiger partial charge in [0.2, 0.25) is 5.91 Å². The molecule has 0 heterocycles. The fourth-order valence-corrected chi connectivity index (χ4v) is 1.82. The summed E-state index contributed by atoms with van der Waals surface area (Å²) < 4.78 is 0. The average molecular weight is 278 g/mol. The molecule has 0 fully saturated rings. The second-order valence-corrected chi connectivity index (χ2v) is 5.91. The largest absolute Gasteiger partial charge is 0.481 e. The van der Waals surface area contributed by atoms with Crippen LogP contribution in [0.1, 0.15) is 38.8 Å². The summed E-state index contributed by atoms with van der Waals surface area (Å²) >= 11 is 0. The van der Waals surface area contributed by atoms with Crippen LogP contribution in [-0.2, 0) is 9.59 Å². The molecule has 1 amide bonds. The summed E-state index contributed by atoms with van der Waals surface area (Å²) in [4.78, 5) is 23.0. The monoisotopic (exact) mass is 278 g/mol. The van der Waals surface area contributed by atoms with Gasteiger partial charge in [-0.25, -0.2) is 0 Å². The van der Waals surface area contributed by atoms with Gasteiger partial charge in [-0.3, -0.25) is 9.59 Å². The Kier molecular flexibility index (Phi) is 5.27. The molecule has 0 aliphatic rings. The van der Waals surface area contributed by atoms with Crippen molar-refractivity contribution in [2.75, 3.05) is 0 Å². The maximum Gasteiger partial charge on any atom is 0.305 e. The van der Waals surface area contributed by atoms with E-state index in [0.717, 1.165) is 0 Å². The van der Waals surface area contributed by atoms with E-state index in [2.05, 4.69) is 5.32 Å². The molecule has 5 heteroatoms. The van der Waals surface area contributed by atoms with Crippen molar-refractivity contribution in [1.29, 1.82) is 0 Å². The minimum absolute atomic E-state index is 0.128. The first-order valence-electron chi connectivity index (χ1n) is 6.54. The highest BCUT2D eigenvalue weighted by Gasteiger charge is 2.30. The average Bonchev–Trinajstić information content (AvgIpc) is 2.36. The van der Waals surface area contributed by atoms with Crippen LogP contribution in [-0.4, -0.2) is 23.0 Å². The molecule has 1 aromatic carbocycles.